The number of carboxylic acid groups (broad SMARTS) is 1. The SMILES string of the molecule is COc1cc(CN(C(=O)C2=C(c3ccc(CCCOc4cc(F)ccc4Br)cc3)C[C@@H]3CN(C(=O)C[C@@H](O)CC(=O)O)C[C@H]2N3)C2CC2)cc(OC)c1. The van der Waals surface area contributed by atoms with E-state index < -0.39 is 24.5 Å². The smallest absolute Gasteiger partial charge is 0.305 e. The molecule has 2 bridgehead atoms. The molecule has 0 spiro atoms. The maximum Gasteiger partial charge on any atom is 0.305 e. The standard InChI is InChI=1S/C40H45BrFN3O8/c1-51-31-14-25(15-32(20-31)52-2)21-45(29-10-11-29)40(50)39-33(17-28-22-44(23-35(39)43-28)37(47)18-30(46)19-38(48)49)26-7-5-24(6-8-26)4-3-13-53-36-16-27(42)9-12-34(36)41/h5-9,12,14-16,20,28-30,35,43,46H,3-4,10-11,13,17-19,21-23H2,1-2H3,(H,48,49)/t28-,30-,35-/m1/s1. The second kappa shape index (κ2) is 17.1. The lowest BCUT2D eigenvalue weighted by Crippen LogP contribution is -2.62. The second-order valence-corrected chi connectivity index (χ2v) is 14.7. The van der Waals surface area contributed by atoms with Gasteiger partial charge in [-0.1, -0.05) is 24.3 Å². The van der Waals surface area contributed by atoms with Crippen molar-refractivity contribution in [3.05, 3.63) is 93.2 Å². The van der Waals surface area contributed by atoms with Gasteiger partial charge in [0.05, 0.1) is 50.3 Å². The highest BCUT2D eigenvalue weighted by Crippen LogP contribution is 2.38. The number of nitrogens with one attached hydrogen (secondary N) is 1. The van der Waals surface area contributed by atoms with E-state index in [0.717, 1.165) is 47.9 Å². The predicted octanol–water partition coefficient (Wildman–Crippen LogP) is 5.36. The van der Waals surface area contributed by atoms with Crippen LogP contribution >= 0.6 is 15.9 Å². The average Bonchev–Trinajstić information content (AvgIpc) is 3.98. The molecule has 13 heteroatoms. The molecule has 1 aliphatic carbocycles. The largest absolute Gasteiger partial charge is 0.497 e. The van der Waals surface area contributed by atoms with Crippen molar-refractivity contribution in [1.29, 1.82) is 0 Å². The van der Waals surface area contributed by atoms with E-state index in [1.807, 2.05) is 29.2 Å². The summed E-state index contributed by atoms with van der Waals surface area (Å²) in [5.41, 5.74) is 4.44. The molecule has 3 aromatic carbocycles. The number of methoxy groups -OCH3 is 2. The van der Waals surface area contributed by atoms with Gasteiger partial charge in [0.2, 0.25) is 5.91 Å². The lowest BCUT2D eigenvalue weighted by Gasteiger charge is -2.45. The van der Waals surface area contributed by atoms with Gasteiger partial charge in [0.25, 0.3) is 5.91 Å². The Labute approximate surface area is 316 Å². The number of rotatable bonds is 16. The number of aryl methyl sites for hydroxylation is 1. The van der Waals surface area contributed by atoms with Gasteiger partial charge in [0.15, 0.2) is 0 Å². The van der Waals surface area contributed by atoms with Gasteiger partial charge in [-0.15, -0.1) is 0 Å². The third kappa shape index (κ3) is 9.75. The fraction of sp³-hybridized carbons (Fsp3) is 0.425. The molecule has 2 amide bonds. The number of piperazine rings is 1. The van der Waals surface area contributed by atoms with Crippen LogP contribution in [0.3, 0.4) is 0 Å². The number of carbonyl (C=O) groups excluding carboxylic acids is 2. The number of benzene rings is 3. The summed E-state index contributed by atoms with van der Waals surface area (Å²) >= 11 is 3.39. The summed E-state index contributed by atoms with van der Waals surface area (Å²) in [4.78, 5) is 42.9. The Kier molecular flexibility index (Phi) is 12.4. The summed E-state index contributed by atoms with van der Waals surface area (Å²) in [6.45, 7) is 1.35. The van der Waals surface area contributed by atoms with E-state index in [4.69, 9.17) is 19.3 Å². The Hall–Kier alpha value is -4.46. The summed E-state index contributed by atoms with van der Waals surface area (Å²) < 4.78 is 31.1. The minimum atomic E-state index is -1.29. The third-order valence-corrected chi connectivity index (χ3v) is 10.5. The van der Waals surface area contributed by atoms with Gasteiger partial charge in [-0.2, -0.15) is 0 Å². The van der Waals surface area contributed by atoms with Gasteiger partial charge in [-0.3, -0.25) is 14.4 Å². The first-order chi connectivity index (χ1) is 25.5. The fourth-order valence-corrected chi connectivity index (χ4v) is 7.52. The van der Waals surface area contributed by atoms with Crippen LogP contribution in [0.15, 0.2) is 70.7 Å². The first kappa shape index (κ1) is 38.3. The number of hydrogen-bond acceptors (Lipinski definition) is 8. The maximum absolute atomic E-state index is 14.9. The molecule has 2 aliphatic heterocycles. The number of ether oxygens (including phenoxy) is 3. The van der Waals surface area contributed by atoms with Gasteiger partial charge >= 0.3 is 5.97 Å². The summed E-state index contributed by atoms with van der Waals surface area (Å²) in [7, 11) is 3.18. The molecule has 2 heterocycles. The van der Waals surface area contributed by atoms with Crippen LogP contribution in [0, 0.1) is 5.82 Å². The van der Waals surface area contributed by atoms with Crippen molar-refractivity contribution in [3.63, 3.8) is 0 Å². The first-order valence-corrected chi connectivity index (χ1v) is 18.7. The number of amides is 2. The quantitative estimate of drug-likeness (QED) is 0.164. The van der Waals surface area contributed by atoms with Crippen molar-refractivity contribution in [2.75, 3.05) is 33.9 Å². The monoisotopic (exact) mass is 793 g/mol. The van der Waals surface area contributed by atoms with Crippen LogP contribution in [-0.2, 0) is 27.3 Å². The lowest BCUT2D eigenvalue weighted by atomic mass is 9.82. The molecule has 11 nitrogen and oxygen atoms in total. The zero-order valence-electron chi connectivity index (χ0n) is 29.9. The minimum absolute atomic E-state index is 0.0660. The zero-order valence-corrected chi connectivity index (χ0v) is 31.4. The van der Waals surface area contributed by atoms with E-state index in [-0.39, 0.29) is 42.7 Å². The van der Waals surface area contributed by atoms with Crippen molar-refractivity contribution in [3.8, 4) is 17.2 Å². The molecule has 0 aromatic heterocycles. The molecule has 6 rings (SSSR count). The molecule has 53 heavy (non-hydrogen) atoms. The number of hydrogen-bond donors (Lipinski definition) is 3. The molecule has 3 aliphatic rings. The van der Waals surface area contributed by atoms with Gasteiger partial charge in [-0.25, -0.2) is 4.39 Å². The van der Waals surface area contributed by atoms with E-state index in [0.29, 0.717) is 53.4 Å². The molecule has 0 unspecified atom stereocenters. The molecular weight excluding hydrogens is 749 g/mol. The van der Waals surface area contributed by atoms with Crippen molar-refractivity contribution in [2.24, 2.45) is 0 Å². The van der Waals surface area contributed by atoms with Crippen molar-refractivity contribution in [2.45, 2.75) is 75.7 Å². The Bertz CT molecular complexity index is 1830. The van der Waals surface area contributed by atoms with Crippen LogP contribution in [0.1, 0.15) is 55.2 Å². The van der Waals surface area contributed by atoms with Gasteiger partial charge in [0, 0.05) is 49.4 Å². The number of aliphatic carboxylic acids is 1. The molecule has 282 valence electrons. The van der Waals surface area contributed by atoms with E-state index in [1.54, 1.807) is 31.3 Å². The van der Waals surface area contributed by atoms with E-state index in [2.05, 4.69) is 33.4 Å². The highest BCUT2D eigenvalue weighted by molar-refractivity contribution is 9.10. The number of carbonyl (C=O) groups is 3. The third-order valence-electron chi connectivity index (χ3n) is 9.88. The minimum Gasteiger partial charge on any atom is -0.497 e. The Morgan fingerprint density at radius 3 is 2.36 bits per heavy atom. The summed E-state index contributed by atoms with van der Waals surface area (Å²) in [6, 6.07) is 17.6. The summed E-state index contributed by atoms with van der Waals surface area (Å²) in [5, 5.41) is 22.9. The first-order valence-electron chi connectivity index (χ1n) is 17.9. The van der Waals surface area contributed by atoms with Crippen LogP contribution in [-0.4, -0.2) is 95.9 Å². The normalized spacial score (nSPS) is 18.7. The molecule has 1 saturated heterocycles. The van der Waals surface area contributed by atoms with Crippen LogP contribution < -0.4 is 19.5 Å². The molecule has 1 saturated carbocycles. The summed E-state index contributed by atoms with van der Waals surface area (Å²) in [6.07, 6.45) is 1.63. The number of aliphatic hydroxyl groups is 1. The van der Waals surface area contributed by atoms with Crippen molar-refractivity contribution in [1.82, 2.24) is 15.1 Å². The predicted molar refractivity (Wildman–Crippen MR) is 199 cm³/mol. The van der Waals surface area contributed by atoms with Crippen LogP contribution in [0.5, 0.6) is 17.2 Å². The maximum atomic E-state index is 14.9. The number of nitrogens with zero attached hydrogens (tertiary/aromatic N) is 2. The number of halogens is 2. The zero-order chi connectivity index (χ0) is 37.6. The van der Waals surface area contributed by atoms with Crippen LogP contribution in [0.25, 0.3) is 5.57 Å². The number of carboxylic acids is 1. The van der Waals surface area contributed by atoms with Gasteiger partial charge in [-0.05, 0) is 94.6 Å². The van der Waals surface area contributed by atoms with Crippen LogP contribution in [0.4, 0.5) is 4.39 Å². The summed E-state index contributed by atoms with van der Waals surface area (Å²) in [5.74, 6) is -0.259. The number of aliphatic hydroxyl groups excluding tert-OH is 1. The second-order valence-electron chi connectivity index (χ2n) is 13.9. The molecule has 3 aromatic rings. The van der Waals surface area contributed by atoms with Crippen molar-refractivity contribution < 1.29 is 43.2 Å². The Morgan fingerprint density at radius 2 is 1.70 bits per heavy atom. The topological polar surface area (TPSA) is 138 Å². The van der Waals surface area contributed by atoms with Crippen LogP contribution in [0.2, 0.25) is 0 Å². The van der Waals surface area contributed by atoms with Gasteiger partial charge < -0.3 is 39.5 Å². The molecule has 2 fully saturated rings. The van der Waals surface area contributed by atoms with E-state index in [1.165, 1.54) is 12.1 Å². The fourth-order valence-electron chi connectivity index (χ4n) is 7.16. The Balaban J connectivity index is 1.25. The highest BCUT2D eigenvalue weighted by Gasteiger charge is 2.43. The molecule has 3 N–H and O–H groups in total. The lowest BCUT2D eigenvalue weighted by molar-refractivity contribution is -0.141. The Morgan fingerprint density at radius 1 is 0.981 bits per heavy atom. The van der Waals surface area contributed by atoms with Crippen molar-refractivity contribution >= 4 is 39.3 Å². The van der Waals surface area contributed by atoms with Gasteiger partial charge in [0.1, 0.15) is 23.1 Å². The number of fused-ring (bicyclic) bond motifs is 2. The highest BCUT2D eigenvalue weighted by atomic mass is 79.9. The van der Waals surface area contributed by atoms with E-state index >= 15 is 0 Å². The molecule has 3 atom stereocenters. The average molecular weight is 795 g/mol. The molecule has 0 radical (unpaired) electrons. The van der Waals surface area contributed by atoms with E-state index in [9.17, 15) is 23.9 Å². The molecular formula is C40H45BrFN3O8.